The summed E-state index contributed by atoms with van der Waals surface area (Å²) in [6, 6.07) is 0.319. The third kappa shape index (κ3) is 2.69. The smallest absolute Gasteiger partial charge is 0.226 e. The van der Waals surface area contributed by atoms with Crippen molar-refractivity contribution < 1.29 is 9.53 Å². The lowest BCUT2D eigenvalue weighted by atomic mass is 10.00. The lowest BCUT2D eigenvalue weighted by Gasteiger charge is -2.25. The van der Waals surface area contributed by atoms with E-state index in [1.54, 1.807) is 0 Å². The van der Waals surface area contributed by atoms with E-state index in [0.717, 1.165) is 39.0 Å². The summed E-state index contributed by atoms with van der Waals surface area (Å²) < 4.78 is 5.40. The Hall–Kier alpha value is -0.610. The molecule has 0 bridgehead atoms. The molecule has 0 saturated carbocycles. The third-order valence-electron chi connectivity index (χ3n) is 3.36. The number of carbonyl (C=O) groups is 1. The Balaban J connectivity index is 1.80. The summed E-state index contributed by atoms with van der Waals surface area (Å²) >= 11 is 0. The van der Waals surface area contributed by atoms with E-state index in [-0.39, 0.29) is 17.9 Å². The van der Waals surface area contributed by atoms with Gasteiger partial charge in [0.15, 0.2) is 0 Å². The first kappa shape index (κ1) is 10.9. The second-order valence-electron chi connectivity index (χ2n) is 4.52. The van der Waals surface area contributed by atoms with E-state index in [2.05, 4.69) is 10.6 Å². The van der Waals surface area contributed by atoms with Crippen LogP contribution in [0.2, 0.25) is 0 Å². The van der Waals surface area contributed by atoms with Crippen molar-refractivity contribution in [2.45, 2.75) is 38.3 Å². The molecule has 1 amide bonds. The number of carbonyl (C=O) groups excluding carboxylic acids is 1. The summed E-state index contributed by atoms with van der Waals surface area (Å²) in [5.41, 5.74) is 0. The van der Waals surface area contributed by atoms with Crippen LogP contribution in [0.3, 0.4) is 0 Å². The maximum absolute atomic E-state index is 11.9. The molecule has 2 aliphatic heterocycles. The van der Waals surface area contributed by atoms with Crippen LogP contribution in [0.4, 0.5) is 0 Å². The highest BCUT2D eigenvalue weighted by Crippen LogP contribution is 2.20. The van der Waals surface area contributed by atoms with E-state index in [1.165, 1.54) is 0 Å². The second-order valence-corrected chi connectivity index (χ2v) is 4.52. The van der Waals surface area contributed by atoms with Gasteiger partial charge in [0, 0.05) is 19.2 Å². The van der Waals surface area contributed by atoms with Crippen LogP contribution in [0, 0.1) is 5.92 Å². The highest BCUT2D eigenvalue weighted by atomic mass is 16.5. The van der Waals surface area contributed by atoms with Crippen molar-refractivity contribution in [3.05, 3.63) is 0 Å². The second kappa shape index (κ2) is 4.94. The number of hydrogen-bond acceptors (Lipinski definition) is 3. The zero-order valence-corrected chi connectivity index (χ0v) is 9.29. The topological polar surface area (TPSA) is 50.4 Å². The Morgan fingerprint density at radius 1 is 1.47 bits per heavy atom. The Morgan fingerprint density at radius 2 is 2.33 bits per heavy atom. The summed E-state index contributed by atoms with van der Waals surface area (Å²) in [4.78, 5) is 11.9. The predicted octanol–water partition coefficient (Wildman–Crippen LogP) is 0.280. The minimum absolute atomic E-state index is 0.0620. The van der Waals surface area contributed by atoms with Crippen LogP contribution in [0.1, 0.15) is 26.2 Å². The van der Waals surface area contributed by atoms with Gasteiger partial charge in [0.25, 0.3) is 0 Å². The number of piperidine rings is 1. The standard InChI is InChI=1S/C11H20N2O2/c1-8-10(4-6-15-8)11(14)13-9-3-2-5-12-7-9/h8-10,12H,2-7H2,1H3,(H,13,14)/t8?,9-,10?/m1/s1. The van der Waals surface area contributed by atoms with Gasteiger partial charge < -0.3 is 15.4 Å². The number of nitrogens with one attached hydrogen (secondary N) is 2. The molecule has 2 fully saturated rings. The van der Waals surface area contributed by atoms with Gasteiger partial charge in [0.1, 0.15) is 0 Å². The van der Waals surface area contributed by atoms with Gasteiger partial charge >= 0.3 is 0 Å². The normalized spacial score (nSPS) is 36.5. The van der Waals surface area contributed by atoms with Gasteiger partial charge in [0.05, 0.1) is 12.0 Å². The van der Waals surface area contributed by atoms with E-state index in [4.69, 9.17) is 4.74 Å². The molecule has 0 aliphatic carbocycles. The summed E-state index contributed by atoms with van der Waals surface area (Å²) in [5, 5.41) is 6.41. The van der Waals surface area contributed by atoms with Crippen LogP contribution in [0.5, 0.6) is 0 Å². The number of rotatable bonds is 2. The summed E-state index contributed by atoms with van der Waals surface area (Å²) in [7, 11) is 0. The van der Waals surface area contributed by atoms with E-state index in [0.29, 0.717) is 6.04 Å². The first-order chi connectivity index (χ1) is 7.27. The fraction of sp³-hybridized carbons (Fsp3) is 0.909. The molecule has 2 heterocycles. The Bertz CT molecular complexity index is 227. The van der Waals surface area contributed by atoms with Crippen molar-refractivity contribution in [1.29, 1.82) is 0 Å². The molecule has 0 aromatic rings. The number of amides is 1. The van der Waals surface area contributed by atoms with Crippen LogP contribution < -0.4 is 10.6 Å². The predicted molar refractivity (Wildman–Crippen MR) is 57.6 cm³/mol. The van der Waals surface area contributed by atoms with Gasteiger partial charge in [-0.05, 0) is 32.7 Å². The zero-order chi connectivity index (χ0) is 10.7. The molecule has 86 valence electrons. The van der Waals surface area contributed by atoms with Crippen molar-refractivity contribution in [3.8, 4) is 0 Å². The minimum atomic E-state index is 0.0620. The van der Waals surface area contributed by atoms with Crippen LogP contribution in [-0.2, 0) is 9.53 Å². The zero-order valence-electron chi connectivity index (χ0n) is 9.29. The molecule has 0 radical (unpaired) electrons. The average Bonchev–Trinajstić information content (AvgIpc) is 2.66. The maximum atomic E-state index is 11.9. The molecule has 2 N–H and O–H groups in total. The van der Waals surface area contributed by atoms with E-state index < -0.39 is 0 Å². The van der Waals surface area contributed by atoms with Crippen molar-refractivity contribution >= 4 is 5.91 Å². The molecule has 4 nitrogen and oxygen atoms in total. The van der Waals surface area contributed by atoms with Gasteiger partial charge in [-0.1, -0.05) is 0 Å². The molecule has 4 heteroatoms. The van der Waals surface area contributed by atoms with Gasteiger partial charge in [-0.3, -0.25) is 4.79 Å². The average molecular weight is 212 g/mol. The van der Waals surface area contributed by atoms with Crippen LogP contribution in [0.15, 0.2) is 0 Å². The molecule has 15 heavy (non-hydrogen) atoms. The number of hydrogen-bond donors (Lipinski definition) is 2. The first-order valence-corrected chi connectivity index (χ1v) is 5.90. The molecule has 2 aliphatic rings. The largest absolute Gasteiger partial charge is 0.378 e. The van der Waals surface area contributed by atoms with Gasteiger partial charge in [-0.2, -0.15) is 0 Å². The molecular weight excluding hydrogens is 192 g/mol. The molecule has 0 aromatic heterocycles. The lowest BCUT2D eigenvalue weighted by molar-refractivity contribution is -0.127. The Kier molecular flexibility index (Phi) is 3.59. The van der Waals surface area contributed by atoms with Crippen molar-refractivity contribution in [1.82, 2.24) is 10.6 Å². The third-order valence-corrected chi connectivity index (χ3v) is 3.36. The monoisotopic (exact) mass is 212 g/mol. The van der Waals surface area contributed by atoms with Gasteiger partial charge in [-0.15, -0.1) is 0 Å². The molecule has 2 unspecified atom stereocenters. The van der Waals surface area contributed by atoms with E-state index >= 15 is 0 Å². The first-order valence-electron chi connectivity index (χ1n) is 5.90. The highest BCUT2D eigenvalue weighted by Gasteiger charge is 2.31. The quantitative estimate of drug-likeness (QED) is 0.691. The summed E-state index contributed by atoms with van der Waals surface area (Å²) in [6.07, 6.45) is 3.21. The Morgan fingerprint density at radius 3 is 2.93 bits per heavy atom. The highest BCUT2D eigenvalue weighted by molar-refractivity contribution is 5.79. The van der Waals surface area contributed by atoms with Gasteiger partial charge in [-0.25, -0.2) is 0 Å². The van der Waals surface area contributed by atoms with E-state index in [9.17, 15) is 4.79 Å². The fourth-order valence-corrected chi connectivity index (χ4v) is 2.36. The van der Waals surface area contributed by atoms with Crippen molar-refractivity contribution in [2.24, 2.45) is 5.92 Å². The molecular formula is C11H20N2O2. The van der Waals surface area contributed by atoms with Crippen molar-refractivity contribution in [3.63, 3.8) is 0 Å². The van der Waals surface area contributed by atoms with Gasteiger partial charge in [0.2, 0.25) is 5.91 Å². The van der Waals surface area contributed by atoms with E-state index in [1.807, 2.05) is 6.92 Å². The molecule has 0 aromatic carbocycles. The maximum Gasteiger partial charge on any atom is 0.226 e. The fourth-order valence-electron chi connectivity index (χ4n) is 2.36. The summed E-state index contributed by atoms with van der Waals surface area (Å²) in [6.45, 7) is 4.70. The van der Waals surface area contributed by atoms with Crippen molar-refractivity contribution in [2.75, 3.05) is 19.7 Å². The lowest BCUT2D eigenvalue weighted by Crippen LogP contribution is -2.48. The molecule has 0 spiro atoms. The van der Waals surface area contributed by atoms with Crippen LogP contribution in [-0.4, -0.2) is 37.7 Å². The molecule has 2 rings (SSSR count). The molecule has 3 atom stereocenters. The van der Waals surface area contributed by atoms with Crippen LogP contribution in [0.25, 0.3) is 0 Å². The molecule has 2 saturated heterocycles. The van der Waals surface area contributed by atoms with Crippen LogP contribution >= 0.6 is 0 Å². The number of ether oxygens (including phenoxy) is 1. The minimum Gasteiger partial charge on any atom is -0.378 e. The Labute approximate surface area is 90.8 Å². The summed E-state index contributed by atoms with van der Waals surface area (Å²) in [5.74, 6) is 0.237. The SMILES string of the molecule is CC1OCCC1C(=O)N[C@@H]1CCCNC1.